The SMILES string of the molecule is C=CCc1cccc(/C=N/NC(=O)CN(C)CCCN(C)Cc2ccccc2)c1O. The van der Waals surface area contributed by atoms with Crippen molar-refractivity contribution in [3.05, 3.63) is 77.9 Å². The first-order chi connectivity index (χ1) is 14.5. The van der Waals surface area contributed by atoms with Crippen molar-refractivity contribution in [2.75, 3.05) is 33.7 Å². The molecule has 1 amide bonds. The molecule has 6 nitrogen and oxygen atoms in total. The van der Waals surface area contributed by atoms with Crippen molar-refractivity contribution in [2.45, 2.75) is 19.4 Å². The van der Waals surface area contributed by atoms with E-state index in [2.05, 4.69) is 53.3 Å². The number of likely N-dealkylation sites (N-methyl/N-ethyl adjacent to an activating group) is 1. The maximum atomic E-state index is 12.1. The van der Waals surface area contributed by atoms with Crippen LogP contribution in [0.4, 0.5) is 0 Å². The first-order valence-electron chi connectivity index (χ1n) is 10.1. The number of amides is 1. The Labute approximate surface area is 179 Å². The van der Waals surface area contributed by atoms with Crippen LogP contribution in [0.15, 0.2) is 66.3 Å². The summed E-state index contributed by atoms with van der Waals surface area (Å²) in [5.74, 6) is -0.0275. The van der Waals surface area contributed by atoms with E-state index >= 15 is 0 Å². The third kappa shape index (κ3) is 8.19. The number of allylic oxidation sites excluding steroid dienone is 1. The van der Waals surface area contributed by atoms with Gasteiger partial charge >= 0.3 is 0 Å². The van der Waals surface area contributed by atoms with Crippen LogP contribution in [0.2, 0.25) is 0 Å². The van der Waals surface area contributed by atoms with E-state index in [0.717, 1.165) is 31.6 Å². The van der Waals surface area contributed by atoms with Crippen LogP contribution in [-0.4, -0.2) is 60.8 Å². The van der Waals surface area contributed by atoms with Crippen molar-refractivity contribution in [3.63, 3.8) is 0 Å². The molecule has 0 aliphatic heterocycles. The van der Waals surface area contributed by atoms with Crippen molar-refractivity contribution in [1.82, 2.24) is 15.2 Å². The number of benzene rings is 2. The number of nitrogens with zero attached hydrogens (tertiary/aromatic N) is 3. The molecule has 0 aliphatic carbocycles. The molecule has 6 heteroatoms. The second-order valence-electron chi connectivity index (χ2n) is 7.46. The number of rotatable bonds is 12. The second-order valence-corrected chi connectivity index (χ2v) is 7.46. The molecule has 0 saturated carbocycles. The lowest BCUT2D eigenvalue weighted by Gasteiger charge is -2.19. The number of hydrazone groups is 1. The van der Waals surface area contributed by atoms with Gasteiger partial charge in [0.05, 0.1) is 12.8 Å². The normalized spacial score (nSPS) is 11.3. The molecule has 2 N–H and O–H groups in total. The largest absolute Gasteiger partial charge is 0.507 e. The third-order valence-corrected chi connectivity index (χ3v) is 4.70. The number of para-hydroxylation sites is 1. The molecule has 30 heavy (non-hydrogen) atoms. The summed E-state index contributed by atoms with van der Waals surface area (Å²) in [7, 11) is 4.03. The molecule has 2 aromatic carbocycles. The minimum absolute atomic E-state index is 0.159. The Balaban J connectivity index is 1.68. The van der Waals surface area contributed by atoms with Gasteiger partial charge in [-0.15, -0.1) is 6.58 Å². The summed E-state index contributed by atoms with van der Waals surface area (Å²) in [5.41, 5.74) is 5.15. The number of nitrogens with one attached hydrogen (secondary N) is 1. The van der Waals surface area contributed by atoms with Crippen LogP contribution in [0, 0.1) is 0 Å². The molecular weight excluding hydrogens is 376 g/mol. The first kappa shape index (κ1) is 23.3. The fourth-order valence-electron chi connectivity index (χ4n) is 3.15. The molecular formula is C24H32N4O2. The monoisotopic (exact) mass is 408 g/mol. The van der Waals surface area contributed by atoms with E-state index in [9.17, 15) is 9.90 Å². The van der Waals surface area contributed by atoms with Crippen molar-refractivity contribution >= 4 is 12.1 Å². The standard InChI is InChI=1S/C24H32N4O2/c1-4-10-21-13-8-14-22(24(21)30)17-25-26-23(29)19-28(3)16-9-15-27(2)18-20-11-6-5-7-12-20/h4-8,11-14,17,30H,1,9-10,15-16,18-19H2,2-3H3,(H,26,29)/b25-17+. The molecule has 0 fully saturated rings. The molecule has 0 unspecified atom stereocenters. The van der Waals surface area contributed by atoms with Gasteiger partial charge in [-0.25, -0.2) is 5.43 Å². The van der Waals surface area contributed by atoms with Crippen molar-refractivity contribution < 1.29 is 9.90 Å². The number of phenolic OH excluding ortho intramolecular Hbond substituents is 1. The predicted octanol–water partition coefficient (Wildman–Crippen LogP) is 3.02. The van der Waals surface area contributed by atoms with Crippen LogP contribution in [0.25, 0.3) is 0 Å². The summed E-state index contributed by atoms with van der Waals surface area (Å²) in [4.78, 5) is 16.3. The van der Waals surface area contributed by atoms with Gasteiger partial charge in [0.2, 0.25) is 0 Å². The van der Waals surface area contributed by atoms with Crippen LogP contribution >= 0.6 is 0 Å². The number of carbonyl (C=O) groups is 1. The summed E-state index contributed by atoms with van der Waals surface area (Å²) < 4.78 is 0. The molecule has 2 rings (SSSR count). The van der Waals surface area contributed by atoms with Gasteiger partial charge in [-0.3, -0.25) is 9.69 Å². The molecule has 0 saturated heterocycles. The molecule has 0 heterocycles. The van der Waals surface area contributed by atoms with Gasteiger partial charge in [0.15, 0.2) is 0 Å². The number of aromatic hydroxyl groups is 1. The Kier molecular flexibility index (Phi) is 9.77. The van der Waals surface area contributed by atoms with E-state index < -0.39 is 0 Å². The van der Waals surface area contributed by atoms with E-state index in [1.54, 1.807) is 12.1 Å². The number of hydrogen-bond acceptors (Lipinski definition) is 5. The zero-order valence-corrected chi connectivity index (χ0v) is 17.9. The average molecular weight is 409 g/mol. The maximum absolute atomic E-state index is 12.1. The Morgan fingerprint density at radius 3 is 2.57 bits per heavy atom. The Hall–Kier alpha value is -2.96. The number of hydrogen-bond donors (Lipinski definition) is 2. The fraction of sp³-hybridized carbons (Fsp3) is 0.333. The highest BCUT2D eigenvalue weighted by atomic mass is 16.3. The third-order valence-electron chi connectivity index (χ3n) is 4.70. The minimum Gasteiger partial charge on any atom is -0.507 e. The van der Waals surface area contributed by atoms with Crippen LogP contribution in [0.3, 0.4) is 0 Å². The zero-order valence-electron chi connectivity index (χ0n) is 17.9. The highest BCUT2D eigenvalue weighted by molar-refractivity contribution is 5.86. The summed E-state index contributed by atoms with van der Waals surface area (Å²) in [6.45, 7) is 6.64. The average Bonchev–Trinajstić information content (AvgIpc) is 2.71. The molecule has 2 aromatic rings. The number of carbonyl (C=O) groups excluding carboxylic acids is 1. The molecule has 0 spiro atoms. The van der Waals surface area contributed by atoms with Crippen LogP contribution < -0.4 is 5.43 Å². The van der Waals surface area contributed by atoms with Gasteiger partial charge in [0.25, 0.3) is 5.91 Å². The second kappa shape index (κ2) is 12.6. The van der Waals surface area contributed by atoms with E-state index in [-0.39, 0.29) is 18.2 Å². The molecule has 160 valence electrons. The molecule has 0 aromatic heterocycles. The lowest BCUT2D eigenvalue weighted by Crippen LogP contribution is -2.34. The molecule has 0 aliphatic rings. The number of phenols is 1. The quantitative estimate of drug-likeness (QED) is 0.322. The highest BCUT2D eigenvalue weighted by Crippen LogP contribution is 2.21. The van der Waals surface area contributed by atoms with Gasteiger partial charge in [-0.1, -0.05) is 48.5 Å². The molecule has 0 atom stereocenters. The smallest absolute Gasteiger partial charge is 0.254 e. The van der Waals surface area contributed by atoms with Crippen LogP contribution in [-0.2, 0) is 17.8 Å². The predicted molar refractivity (Wildman–Crippen MR) is 123 cm³/mol. The lowest BCUT2D eigenvalue weighted by atomic mass is 10.1. The lowest BCUT2D eigenvalue weighted by molar-refractivity contribution is -0.121. The summed E-state index contributed by atoms with van der Waals surface area (Å²) in [5, 5.41) is 14.2. The Morgan fingerprint density at radius 2 is 1.83 bits per heavy atom. The van der Waals surface area contributed by atoms with Crippen LogP contribution in [0.5, 0.6) is 5.75 Å². The van der Waals surface area contributed by atoms with Crippen molar-refractivity contribution in [1.29, 1.82) is 0 Å². The first-order valence-corrected chi connectivity index (χ1v) is 10.1. The summed E-state index contributed by atoms with van der Waals surface area (Å²) in [6.07, 6.45) is 4.73. The van der Waals surface area contributed by atoms with E-state index in [4.69, 9.17) is 0 Å². The van der Waals surface area contributed by atoms with Crippen molar-refractivity contribution in [3.8, 4) is 5.75 Å². The minimum atomic E-state index is -0.187. The topological polar surface area (TPSA) is 68.2 Å². The summed E-state index contributed by atoms with van der Waals surface area (Å²) in [6, 6.07) is 15.8. The van der Waals surface area contributed by atoms with Crippen LogP contribution in [0.1, 0.15) is 23.1 Å². The Morgan fingerprint density at radius 1 is 1.10 bits per heavy atom. The fourth-order valence-corrected chi connectivity index (χ4v) is 3.15. The Bertz CT molecular complexity index is 836. The van der Waals surface area contributed by atoms with E-state index in [1.807, 2.05) is 30.1 Å². The van der Waals surface area contributed by atoms with Gasteiger partial charge in [0, 0.05) is 12.1 Å². The van der Waals surface area contributed by atoms with Crippen molar-refractivity contribution in [2.24, 2.45) is 5.10 Å². The van der Waals surface area contributed by atoms with E-state index in [0.29, 0.717) is 12.0 Å². The van der Waals surface area contributed by atoms with E-state index in [1.165, 1.54) is 11.8 Å². The zero-order chi connectivity index (χ0) is 21.8. The summed E-state index contributed by atoms with van der Waals surface area (Å²) >= 11 is 0. The van der Waals surface area contributed by atoms with Gasteiger partial charge in [-0.05, 0) is 57.2 Å². The van der Waals surface area contributed by atoms with Gasteiger partial charge in [0.1, 0.15) is 5.75 Å². The van der Waals surface area contributed by atoms with Gasteiger partial charge in [-0.2, -0.15) is 5.10 Å². The van der Waals surface area contributed by atoms with Gasteiger partial charge < -0.3 is 10.0 Å². The highest BCUT2D eigenvalue weighted by Gasteiger charge is 2.07. The molecule has 0 bridgehead atoms. The maximum Gasteiger partial charge on any atom is 0.254 e. The molecule has 0 radical (unpaired) electrons.